The Balaban J connectivity index is 1.52. The highest BCUT2D eigenvalue weighted by Gasteiger charge is 2.69. The number of hydrogen-bond donors (Lipinski definition) is 1. The molecule has 11 heteroatoms. The minimum absolute atomic E-state index is 0.0831. The van der Waals surface area contributed by atoms with Gasteiger partial charge in [-0.25, -0.2) is 0 Å². The number of carbonyl (C=O) groups excluding carboxylic acids is 2. The fraction of sp³-hybridized carbons (Fsp3) is 0.214. The Bertz CT molecular complexity index is 1570. The first-order valence-corrected chi connectivity index (χ1v) is 13.4. The Morgan fingerprint density at radius 3 is 2.49 bits per heavy atom. The van der Waals surface area contributed by atoms with Crippen LogP contribution < -0.4 is 5.32 Å². The zero-order valence-electron chi connectivity index (χ0n) is 20.4. The van der Waals surface area contributed by atoms with E-state index < -0.39 is 27.2 Å². The summed E-state index contributed by atoms with van der Waals surface area (Å²) in [6, 6.07) is 19.3. The van der Waals surface area contributed by atoms with E-state index in [2.05, 4.69) is 10.2 Å². The second-order valence-electron chi connectivity index (χ2n) is 9.75. The van der Waals surface area contributed by atoms with E-state index in [-0.39, 0.29) is 29.1 Å². The number of nitro groups is 2. The number of thioether (sulfide) groups is 1. The lowest BCUT2D eigenvalue weighted by Gasteiger charge is -2.36. The van der Waals surface area contributed by atoms with Gasteiger partial charge in [-0.05, 0) is 23.3 Å². The standard InChI is InChI=1S/C28H22N4O6S/c33-24(12-11-17-5-3-7-19(13-17)31(35)36)26-25(18-6-4-8-20(14-18)32(37)38)23-15-39-16-30(23)28(26)21-9-1-2-10-22(21)29-27(28)34/h1-14,23,25-26H,15-16H2,(H,29,34)/b12-11+/t23-,25-,26+,28+/m1/s1. The number of fused-ring (bicyclic) bond motifs is 4. The van der Waals surface area contributed by atoms with Crippen molar-refractivity contribution >= 4 is 46.6 Å². The van der Waals surface area contributed by atoms with Gasteiger partial charge in [0.05, 0.1) is 15.8 Å². The van der Waals surface area contributed by atoms with E-state index in [1.54, 1.807) is 42.1 Å². The van der Waals surface area contributed by atoms with Gasteiger partial charge >= 0.3 is 0 Å². The average molecular weight is 543 g/mol. The molecule has 4 atom stereocenters. The molecule has 3 aliphatic heterocycles. The molecule has 0 saturated carbocycles. The average Bonchev–Trinajstić information content (AvgIpc) is 3.60. The van der Waals surface area contributed by atoms with Crippen LogP contribution in [0.5, 0.6) is 0 Å². The molecule has 10 nitrogen and oxygen atoms in total. The zero-order valence-corrected chi connectivity index (χ0v) is 21.2. The Kier molecular flexibility index (Phi) is 6.04. The van der Waals surface area contributed by atoms with Crippen LogP contribution in [0.25, 0.3) is 6.08 Å². The van der Waals surface area contributed by atoms with E-state index in [9.17, 15) is 29.8 Å². The van der Waals surface area contributed by atoms with Crippen molar-refractivity contribution in [2.24, 2.45) is 5.92 Å². The van der Waals surface area contributed by atoms with Gasteiger partial charge in [-0.3, -0.25) is 34.7 Å². The summed E-state index contributed by atoms with van der Waals surface area (Å²) in [5.41, 5.74) is 0.959. The summed E-state index contributed by atoms with van der Waals surface area (Å²) >= 11 is 1.66. The van der Waals surface area contributed by atoms with Crippen molar-refractivity contribution in [1.82, 2.24) is 4.90 Å². The van der Waals surface area contributed by atoms with Crippen LogP contribution in [0.4, 0.5) is 17.1 Å². The second-order valence-corrected chi connectivity index (χ2v) is 10.7. The van der Waals surface area contributed by atoms with Gasteiger partial charge in [0.15, 0.2) is 5.78 Å². The Morgan fingerprint density at radius 1 is 1.00 bits per heavy atom. The first kappa shape index (κ1) is 25.0. The number of rotatable bonds is 6. The van der Waals surface area contributed by atoms with Crippen molar-refractivity contribution in [3.63, 3.8) is 0 Å². The lowest BCUT2D eigenvalue weighted by Crippen LogP contribution is -2.52. The highest BCUT2D eigenvalue weighted by atomic mass is 32.2. The number of benzene rings is 3. The predicted octanol–water partition coefficient (Wildman–Crippen LogP) is 4.72. The quantitative estimate of drug-likeness (QED) is 0.268. The summed E-state index contributed by atoms with van der Waals surface area (Å²) in [6.07, 6.45) is 2.89. The smallest absolute Gasteiger partial charge is 0.270 e. The third kappa shape index (κ3) is 3.84. The molecule has 6 rings (SSSR count). The maximum Gasteiger partial charge on any atom is 0.270 e. The fourth-order valence-corrected chi connectivity index (χ4v) is 7.63. The Labute approximate surface area is 227 Å². The maximum absolute atomic E-state index is 14.2. The van der Waals surface area contributed by atoms with Crippen LogP contribution in [0.15, 0.2) is 78.9 Å². The first-order valence-electron chi connectivity index (χ1n) is 12.3. The molecule has 3 aromatic rings. The summed E-state index contributed by atoms with van der Waals surface area (Å²) in [5.74, 6) is -0.836. The Hall–Kier alpha value is -4.35. The van der Waals surface area contributed by atoms with Gasteiger partial charge in [0.1, 0.15) is 5.54 Å². The van der Waals surface area contributed by atoms with Gasteiger partial charge in [0, 0.05) is 59.1 Å². The number of anilines is 1. The minimum atomic E-state index is -1.30. The van der Waals surface area contributed by atoms with Crippen molar-refractivity contribution in [2.75, 3.05) is 16.9 Å². The number of nitrogens with zero attached hydrogens (tertiary/aromatic N) is 3. The highest BCUT2D eigenvalue weighted by Crippen LogP contribution is 2.61. The van der Waals surface area contributed by atoms with E-state index in [4.69, 9.17) is 0 Å². The number of ketones is 1. The summed E-state index contributed by atoms with van der Waals surface area (Å²) < 4.78 is 0. The molecule has 0 aliphatic carbocycles. The van der Waals surface area contributed by atoms with Crippen molar-refractivity contribution in [2.45, 2.75) is 17.5 Å². The van der Waals surface area contributed by atoms with Crippen molar-refractivity contribution in [3.8, 4) is 0 Å². The SMILES string of the molecule is O=C(/C=C/c1cccc([N+](=O)[O-])c1)[C@H]1[C@H](c2cccc([N+](=O)[O-])c2)[C@H]2CSCN2[C@]12C(=O)Nc1ccccc12. The van der Waals surface area contributed by atoms with Crippen molar-refractivity contribution < 1.29 is 19.4 Å². The van der Waals surface area contributed by atoms with E-state index in [1.807, 2.05) is 18.2 Å². The van der Waals surface area contributed by atoms with E-state index in [0.717, 1.165) is 0 Å². The van der Waals surface area contributed by atoms with Crippen LogP contribution in [0, 0.1) is 26.1 Å². The Morgan fingerprint density at radius 2 is 1.72 bits per heavy atom. The molecule has 0 unspecified atom stereocenters. The van der Waals surface area contributed by atoms with Gasteiger partial charge in [-0.2, -0.15) is 0 Å². The molecule has 2 fully saturated rings. The maximum atomic E-state index is 14.2. The normalized spacial score (nSPS) is 25.5. The van der Waals surface area contributed by atoms with Crippen molar-refractivity contribution in [3.05, 3.63) is 116 Å². The van der Waals surface area contributed by atoms with Crippen LogP contribution in [0.2, 0.25) is 0 Å². The zero-order chi connectivity index (χ0) is 27.3. The van der Waals surface area contributed by atoms with Crippen LogP contribution in [0.1, 0.15) is 22.6 Å². The second kappa shape index (κ2) is 9.44. The molecule has 196 valence electrons. The molecule has 1 amide bonds. The first-order chi connectivity index (χ1) is 18.8. The van der Waals surface area contributed by atoms with Crippen LogP contribution in [-0.2, 0) is 15.1 Å². The molecule has 3 aromatic carbocycles. The molecular weight excluding hydrogens is 520 g/mol. The van der Waals surface area contributed by atoms with E-state index >= 15 is 0 Å². The summed E-state index contributed by atoms with van der Waals surface area (Å²) in [6.45, 7) is 0. The minimum Gasteiger partial charge on any atom is -0.324 e. The topological polar surface area (TPSA) is 136 Å². The number of nitro benzene ring substituents is 2. The molecule has 0 aromatic heterocycles. The van der Waals surface area contributed by atoms with Gasteiger partial charge < -0.3 is 5.32 Å². The molecule has 0 bridgehead atoms. The number of non-ortho nitro benzene ring substituents is 2. The number of nitrogens with one attached hydrogen (secondary N) is 1. The van der Waals surface area contributed by atoms with Gasteiger partial charge in [-0.15, -0.1) is 11.8 Å². The van der Waals surface area contributed by atoms with Crippen LogP contribution >= 0.6 is 11.8 Å². The fourth-order valence-electron chi connectivity index (χ4n) is 6.30. The van der Waals surface area contributed by atoms with Crippen molar-refractivity contribution in [1.29, 1.82) is 0 Å². The largest absolute Gasteiger partial charge is 0.324 e. The third-order valence-corrected chi connectivity index (χ3v) is 8.86. The van der Waals surface area contributed by atoms with Gasteiger partial charge in [0.25, 0.3) is 11.4 Å². The molecule has 1 N–H and O–H groups in total. The molecule has 0 radical (unpaired) electrons. The summed E-state index contributed by atoms with van der Waals surface area (Å²) in [5, 5.41) is 25.8. The number of para-hydroxylation sites is 1. The number of hydrogen-bond acceptors (Lipinski definition) is 8. The third-order valence-electron chi connectivity index (χ3n) is 7.82. The molecule has 3 aliphatic rings. The number of allylic oxidation sites excluding steroid dienone is 1. The predicted molar refractivity (Wildman–Crippen MR) is 146 cm³/mol. The van der Waals surface area contributed by atoms with Gasteiger partial charge in [0.2, 0.25) is 5.91 Å². The lowest BCUT2D eigenvalue weighted by atomic mass is 9.70. The molecular formula is C28H22N4O6S. The molecule has 2 saturated heterocycles. The van der Waals surface area contributed by atoms with E-state index in [1.165, 1.54) is 36.4 Å². The van der Waals surface area contributed by atoms with Crippen LogP contribution in [0.3, 0.4) is 0 Å². The van der Waals surface area contributed by atoms with Gasteiger partial charge in [-0.1, -0.05) is 48.5 Å². The molecule has 1 spiro atoms. The molecule has 3 heterocycles. The molecule has 39 heavy (non-hydrogen) atoms. The summed E-state index contributed by atoms with van der Waals surface area (Å²) in [4.78, 5) is 52.1. The lowest BCUT2D eigenvalue weighted by molar-refractivity contribution is -0.385. The van der Waals surface area contributed by atoms with Crippen LogP contribution in [-0.4, -0.2) is 44.1 Å². The summed E-state index contributed by atoms with van der Waals surface area (Å²) in [7, 11) is 0. The highest BCUT2D eigenvalue weighted by molar-refractivity contribution is 7.99. The number of carbonyl (C=O) groups is 2. The van der Waals surface area contributed by atoms with E-state index in [0.29, 0.717) is 34.0 Å². The monoisotopic (exact) mass is 542 g/mol. The number of amides is 1.